The van der Waals surface area contributed by atoms with Crippen LogP contribution in [0.3, 0.4) is 0 Å². The van der Waals surface area contributed by atoms with E-state index < -0.39 is 18.1 Å². The zero-order chi connectivity index (χ0) is 23.3. The van der Waals surface area contributed by atoms with Gasteiger partial charge in [-0.25, -0.2) is 0 Å². The van der Waals surface area contributed by atoms with E-state index in [1.165, 1.54) is 13.2 Å². The Morgan fingerprint density at radius 3 is 2.66 bits per heavy atom. The van der Waals surface area contributed by atoms with Crippen molar-refractivity contribution >= 4 is 47.1 Å². The third-order valence-corrected chi connectivity index (χ3v) is 6.57. The Hall–Kier alpha value is -2.13. The molecule has 10 heteroatoms. The number of hydrogen-bond donors (Lipinski definition) is 1. The van der Waals surface area contributed by atoms with Crippen LogP contribution in [0.2, 0.25) is 10.0 Å². The SMILES string of the molecule is COC(=O)[C@@H]1[C@@H](O)CCN1CCN1CCN(C(=O)C=Cc2ccc(Cl)c(Cl)c2)CCC1=O. The number of halogens is 2. The normalized spacial score (nSPS) is 22.4. The number of carbonyl (C=O) groups excluding carboxylic acids is 3. The summed E-state index contributed by atoms with van der Waals surface area (Å²) < 4.78 is 4.79. The number of ether oxygens (including phenoxy) is 1. The Morgan fingerprint density at radius 1 is 1.16 bits per heavy atom. The fraction of sp³-hybridized carbons (Fsp3) is 0.500. The summed E-state index contributed by atoms with van der Waals surface area (Å²) >= 11 is 11.9. The molecule has 0 radical (unpaired) electrons. The smallest absolute Gasteiger partial charge is 0.325 e. The molecule has 32 heavy (non-hydrogen) atoms. The van der Waals surface area contributed by atoms with Crippen molar-refractivity contribution in [2.24, 2.45) is 0 Å². The van der Waals surface area contributed by atoms with Crippen molar-refractivity contribution in [3.63, 3.8) is 0 Å². The first-order chi connectivity index (χ1) is 15.3. The van der Waals surface area contributed by atoms with Crippen molar-refractivity contribution in [2.75, 3.05) is 46.4 Å². The van der Waals surface area contributed by atoms with Gasteiger partial charge in [-0.2, -0.15) is 0 Å². The second-order valence-corrected chi connectivity index (χ2v) is 8.64. The minimum absolute atomic E-state index is 0.0388. The third-order valence-electron chi connectivity index (χ3n) is 5.83. The zero-order valence-corrected chi connectivity index (χ0v) is 19.4. The second-order valence-electron chi connectivity index (χ2n) is 7.82. The summed E-state index contributed by atoms with van der Waals surface area (Å²) in [7, 11) is 1.30. The molecule has 1 N–H and O–H groups in total. The Kier molecular flexibility index (Phi) is 8.53. The number of benzene rings is 1. The summed E-state index contributed by atoms with van der Waals surface area (Å²) in [5.74, 6) is -0.690. The first-order valence-corrected chi connectivity index (χ1v) is 11.3. The number of nitrogens with zero attached hydrogens (tertiary/aromatic N) is 3. The van der Waals surface area contributed by atoms with Crippen molar-refractivity contribution in [1.29, 1.82) is 0 Å². The minimum Gasteiger partial charge on any atom is -0.468 e. The first-order valence-electron chi connectivity index (χ1n) is 10.5. The number of likely N-dealkylation sites (tertiary alicyclic amines) is 1. The summed E-state index contributed by atoms with van der Waals surface area (Å²) in [6, 6.07) is 4.41. The van der Waals surface area contributed by atoms with E-state index in [1.807, 2.05) is 4.90 Å². The highest BCUT2D eigenvalue weighted by molar-refractivity contribution is 6.42. The molecule has 2 aliphatic rings. The molecule has 8 nitrogen and oxygen atoms in total. The molecular formula is C22H27Cl2N3O5. The lowest BCUT2D eigenvalue weighted by atomic mass is 10.2. The maximum absolute atomic E-state index is 12.6. The minimum atomic E-state index is -0.766. The van der Waals surface area contributed by atoms with Gasteiger partial charge in [0.2, 0.25) is 11.8 Å². The highest BCUT2D eigenvalue weighted by Crippen LogP contribution is 2.23. The van der Waals surface area contributed by atoms with Gasteiger partial charge in [0.05, 0.1) is 23.3 Å². The molecule has 2 aliphatic heterocycles. The highest BCUT2D eigenvalue weighted by Gasteiger charge is 2.39. The molecule has 2 atom stereocenters. The van der Waals surface area contributed by atoms with E-state index in [0.717, 1.165) is 5.56 Å². The lowest BCUT2D eigenvalue weighted by Crippen LogP contribution is -2.46. The fourth-order valence-electron chi connectivity index (χ4n) is 3.98. The zero-order valence-electron chi connectivity index (χ0n) is 17.9. The van der Waals surface area contributed by atoms with Gasteiger partial charge in [-0.15, -0.1) is 0 Å². The van der Waals surface area contributed by atoms with Crippen LogP contribution in [0.15, 0.2) is 24.3 Å². The van der Waals surface area contributed by atoms with Crippen LogP contribution in [0.4, 0.5) is 0 Å². The Labute approximate surface area is 197 Å². The van der Waals surface area contributed by atoms with E-state index in [4.69, 9.17) is 27.9 Å². The molecule has 3 rings (SSSR count). The second kappa shape index (κ2) is 11.1. The highest BCUT2D eigenvalue weighted by atomic mass is 35.5. The predicted molar refractivity (Wildman–Crippen MR) is 121 cm³/mol. The average molecular weight is 484 g/mol. The molecule has 0 spiro atoms. The number of methoxy groups -OCH3 is 1. The summed E-state index contributed by atoms with van der Waals surface area (Å²) in [5, 5.41) is 10.9. The van der Waals surface area contributed by atoms with Gasteiger partial charge in [0.15, 0.2) is 0 Å². The monoisotopic (exact) mass is 483 g/mol. The van der Waals surface area contributed by atoms with Crippen molar-refractivity contribution < 1.29 is 24.2 Å². The van der Waals surface area contributed by atoms with Crippen LogP contribution in [-0.2, 0) is 19.1 Å². The van der Waals surface area contributed by atoms with E-state index in [2.05, 4.69) is 0 Å². The first kappa shape index (κ1) is 24.5. The number of esters is 1. The Balaban J connectivity index is 1.54. The topological polar surface area (TPSA) is 90.4 Å². The van der Waals surface area contributed by atoms with Crippen LogP contribution in [-0.4, -0.2) is 96.1 Å². The van der Waals surface area contributed by atoms with Crippen molar-refractivity contribution in [2.45, 2.75) is 25.0 Å². The van der Waals surface area contributed by atoms with Crippen molar-refractivity contribution in [1.82, 2.24) is 14.7 Å². The molecular weight excluding hydrogens is 457 g/mol. The van der Waals surface area contributed by atoms with Gasteiger partial charge in [0.1, 0.15) is 6.04 Å². The molecule has 0 bridgehead atoms. The summed E-state index contributed by atoms with van der Waals surface area (Å²) in [5.41, 5.74) is 0.758. The third kappa shape index (κ3) is 6.01. The number of amides is 2. The largest absolute Gasteiger partial charge is 0.468 e. The standard InChI is InChI=1S/C22H27Cl2N3O5/c1-32-22(31)21-18(28)6-8-27(21)13-12-26-11-10-25(9-7-20(26)30)19(29)5-3-15-2-4-16(23)17(24)14-15/h2-5,14,18,21,28H,6-13H2,1H3/t18-,21-/m0/s1. The van der Waals surface area contributed by atoms with Crippen LogP contribution in [0.25, 0.3) is 6.08 Å². The molecule has 0 saturated carbocycles. The lowest BCUT2D eigenvalue weighted by Gasteiger charge is -2.27. The van der Waals surface area contributed by atoms with Crippen LogP contribution in [0.1, 0.15) is 18.4 Å². The van der Waals surface area contributed by atoms with E-state index >= 15 is 0 Å². The molecule has 1 aromatic carbocycles. The molecule has 0 unspecified atom stereocenters. The van der Waals surface area contributed by atoms with E-state index in [9.17, 15) is 19.5 Å². The number of carbonyl (C=O) groups is 3. The molecule has 2 heterocycles. The van der Waals surface area contributed by atoms with E-state index in [1.54, 1.807) is 34.1 Å². The number of aliphatic hydroxyl groups excluding tert-OH is 1. The van der Waals surface area contributed by atoms with E-state index in [-0.39, 0.29) is 18.2 Å². The van der Waals surface area contributed by atoms with Gasteiger partial charge in [-0.3, -0.25) is 19.3 Å². The van der Waals surface area contributed by atoms with Crippen LogP contribution in [0, 0.1) is 0 Å². The maximum atomic E-state index is 12.6. The number of aliphatic hydroxyl groups is 1. The molecule has 174 valence electrons. The maximum Gasteiger partial charge on any atom is 0.325 e. The van der Waals surface area contributed by atoms with Gasteiger partial charge in [-0.1, -0.05) is 29.3 Å². The van der Waals surface area contributed by atoms with Gasteiger partial charge < -0.3 is 19.6 Å². The predicted octanol–water partition coefficient (Wildman–Crippen LogP) is 1.68. The number of hydrogen-bond acceptors (Lipinski definition) is 6. The molecule has 1 aromatic rings. The van der Waals surface area contributed by atoms with Crippen LogP contribution < -0.4 is 0 Å². The summed E-state index contributed by atoms with van der Waals surface area (Å²) in [4.78, 5) is 42.3. The quantitative estimate of drug-likeness (QED) is 0.488. The van der Waals surface area contributed by atoms with Gasteiger partial charge in [0.25, 0.3) is 0 Å². The van der Waals surface area contributed by atoms with Crippen molar-refractivity contribution in [3.05, 3.63) is 39.9 Å². The van der Waals surface area contributed by atoms with E-state index in [0.29, 0.717) is 55.7 Å². The lowest BCUT2D eigenvalue weighted by molar-refractivity contribution is -0.148. The summed E-state index contributed by atoms with van der Waals surface area (Å²) in [6.45, 7) is 2.60. The summed E-state index contributed by atoms with van der Waals surface area (Å²) in [6.07, 6.45) is 3.08. The van der Waals surface area contributed by atoms with Gasteiger partial charge in [-0.05, 0) is 30.2 Å². The van der Waals surface area contributed by atoms with Gasteiger partial charge in [0, 0.05) is 51.8 Å². The van der Waals surface area contributed by atoms with Crippen LogP contribution in [0.5, 0.6) is 0 Å². The Morgan fingerprint density at radius 2 is 1.94 bits per heavy atom. The van der Waals surface area contributed by atoms with Crippen molar-refractivity contribution in [3.8, 4) is 0 Å². The molecule has 0 aliphatic carbocycles. The average Bonchev–Trinajstić information content (AvgIpc) is 3.04. The number of rotatable bonds is 6. The Bertz CT molecular complexity index is 894. The van der Waals surface area contributed by atoms with Gasteiger partial charge >= 0.3 is 5.97 Å². The van der Waals surface area contributed by atoms with Crippen LogP contribution >= 0.6 is 23.2 Å². The molecule has 2 saturated heterocycles. The fourth-order valence-corrected chi connectivity index (χ4v) is 4.28. The molecule has 2 amide bonds. The molecule has 0 aromatic heterocycles. The molecule has 2 fully saturated rings.